The molecule has 0 heterocycles. The van der Waals surface area contributed by atoms with E-state index in [9.17, 15) is 0 Å². The Morgan fingerprint density at radius 3 is 2.40 bits per heavy atom. The van der Waals surface area contributed by atoms with Gasteiger partial charge < -0.3 is 9.47 Å². The SMILES string of the molecule is CCC(C)(Pc1ccccc1C=NC)c1cccc(OC)c1OCc1ccccc1. The zero-order valence-electron chi connectivity index (χ0n) is 18.2. The second-order valence-electron chi connectivity index (χ2n) is 7.40. The largest absolute Gasteiger partial charge is 0.493 e. The van der Waals surface area contributed by atoms with Gasteiger partial charge >= 0.3 is 0 Å². The number of para-hydroxylation sites is 1. The molecule has 0 bridgehead atoms. The van der Waals surface area contributed by atoms with Gasteiger partial charge in [0, 0.05) is 24.0 Å². The molecule has 3 aromatic carbocycles. The molecule has 0 aliphatic heterocycles. The molecule has 3 rings (SSSR count). The third-order valence-electron chi connectivity index (χ3n) is 5.37. The molecule has 0 aliphatic carbocycles. The number of ether oxygens (including phenoxy) is 2. The van der Waals surface area contributed by atoms with Crippen LogP contribution in [0.15, 0.2) is 77.8 Å². The standard InChI is InChI=1S/C26H30NO2P/c1-5-26(2,30-24-17-10-9-14-21(24)18-27-3)22-15-11-16-23(28-4)25(22)29-19-20-12-7-6-8-13-20/h6-18,30H,5,19H2,1-4H3. The Bertz CT molecular complexity index is 987. The van der Waals surface area contributed by atoms with E-state index in [1.54, 1.807) is 7.11 Å². The van der Waals surface area contributed by atoms with Gasteiger partial charge in [-0.15, -0.1) is 0 Å². The Morgan fingerprint density at radius 1 is 0.967 bits per heavy atom. The highest BCUT2D eigenvalue weighted by atomic mass is 31.1. The highest BCUT2D eigenvalue weighted by Gasteiger charge is 2.31. The maximum atomic E-state index is 6.36. The van der Waals surface area contributed by atoms with Gasteiger partial charge in [0.25, 0.3) is 0 Å². The summed E-state index contributed by atoms with van der Waals surface area (Å²) in [5, 5.41) is 1.22. The van der Waals surface area contributed by atoms with Gasteiger partial charge in [-0.25, -0.2) is 0 Å². The molecule has 2 atom stereocenters. The van der Waals surface area contributed by atoms with Gasteiger partial charge in [0.2, 0.25) is 0 Å². The maximum Gasteiger partial charge on any atom is 0.165 e. The van der Waals surface area contributed by atoms with Crippen molar-refractivity contribution in [3.8, 4) is 11.5 Å². The molecule has 4 heteroatoms. The fraction of sp³-hybridized carbons (Fsp3) is 0.269. The second-order valence-corrected chi connectivity index (χ2v) is 9.29. The molecule has 156 valence electrons. The molecule has 0 aromatic heterocycles. The van der Waals surface area contributed by atoms with Crippen molar-refractivity contribution in [3.05, 3.63) is 89.5 Å². The smallest absolute Gasteiger partial charge is 0.165 e. The Morgan fingerprint density at radius 2 is 1.70 bits per heavy atom. The lowest BCUT2D eigenvalue weighted by molar-refractivity contribution is 0.278. The van der Waals surface area contributed by atoms with Gasteiger partial charge in [0.15, 0.2) is 11.5 Å². The minimum atomic E-state index is -0.0851. The molecule has 2 unspecified atom stereocenters. The molecule has 0 saturated carbocycles. The minimum Gasteiger partial charge on any atom is -0.493 e. The summed E-state index contributed by atoms with van der Waals surface area (Å²) < 4.78 is 12.0. The Balaban J connectivity index is 1.99. The van der Waals surface area contributed by atoms with Gasteiger partial charge in [0.1, 0.15) is 6.61 Å². The van der Waals surface area contributed by atoms with E-state index in [-0.39, 0.29) is 5.16 Å². The summed E-state index contributed by atoms with van der Waals surface area (Å²) in [4.78, 5) is 4.24. The summed E-state index contributed by atoms with van der Waals surface area (Å²) in [6.07, 6.45) is 2.93. The summed E-state index contributed by atoms with van der Waals surface area (Å²) in [6, 6.07) is 24.9. The first-order valence-electron chi connectivity index (χ1n) is 10.2. The number of methoxy groups -OCH3 is 1. The van der Waals surface area contributed by atoms with Crippen LogP contribution in [0.5, 0.6) is 11.5 Å². The molecule has 3 nitrogen and oxygen atoms in total. The molecule has 0 amide bonds. The summed E-state index contributed by atoms with van der Waals surface area (Å²) in [7, 11) is 4.09. The third kappa shape index (κ3) is 5.09. The van der Waals surface area contributed by atoms with Crippen molar-refractivity contribution in [1.82, 2.24) is 0 Å². The van der Waals surface area contributed by atoms with Crippen LogP contribution in [0.2, 0.25) is 0 Å². The molecule has 0 saturated heterocycles. The molecular formula is C26H30NO2P. The van der Waals surface area contributed by atoms with Crippen LogP contribution >= 0.6 is 8.58 Å². The van der Waals surface area contributed by atoms with Crippen molar-refractivity contribution in [2.75, 3.05) is 14.2 Å². The van der Waals surface area contributed by atoms with E-state index < -0.39 is 0 Å². The van der Waals surface area contributed by atoms with E-state index in [2.05, 4.69) is 67.4 Å². The normalized spacial score (nSPS) is 13.6. The van der Waals surface area contributed by atoms with Crippen molar-refractivity contribution >= 4 is 20.1 Å². The fourth-order valence-electron chi connectivity index (χ4n) is 3.50. The van der Waals surface area contributed by atoms with Crippen LogP contribution in [0.1, 0.15) is 37.0 Å². The quantitative estimate of drug-likeness (QED) is 0.317. The average Bonchev–Trinajstić information content (AvgIpc) is 2.79. The van der Waals surface area contributed by atoms with Crippen molar-refractivity contribution in [3.63, 3.8) is 0 Å². The zero-order valence-corrected chi connectivity index (χ0v) is 19.2. The van der Waals surface area contributed by atoms with Gasteiger partial charge in [-0.3, -0.25) is 4.99 Å². The van der Waals surface area contributed by atoms with Crippen molar-refractivity contribution < 1.29 is 9.47 Å². The van der Waals surface area contributed by atoms with E-state index >= 15 is 0 Å². The van der Waals surface area contributed by atoms with Crippen molar-refractivity contribution in [2.24, 2.45) is 4.99 Å². The van der Waals surface area contributed by atoms with E-state index in [4.69, 9.17) is 9.47 Å². The number of rotatable bonds is 9. The zero-order chi connectivity index (χ0) is 21.4. The third-order valence-corrected chi connectivity index (χ3v) is 7.27. The van der Waals surface area contributed by atoms with Gasteiger partial charge in [-0.1, -0.05) is 89.2 Å². The fourth-order valence-corrected chi connectivity index (χ4v) is 5.07. The molecule has 0 spiro atoms. The number of nitrogens with zero attached hydrogens (tertiary/aromatic N) is 1. The highest BCUT2D eigenvalue weighted by Crippen LogP contribution is 2.50. The van der Waals surface area contributed by atoms with Crippen LogP contribution < -0.4 is 14.8 Å². The first-order chi connectivity index (χ1) is 14.6. The predicted molar refractivity (Wildman–Crippen MR) is 129 cm³/mol. The van der Waals surface area contributed by atoms with Crippen LogP contribution in [-0.2, 0) is 11.8 Å². The van der Waals surface area contributed by atoms with Crippen molar-refractivity contribution in [1.29, 1.82) is 0 Å². The first kappa shape index (κ1) is 22.1. The topological polar surface area (TPSA) is 30.8 Å². The molecule has 30 heavy (non-hydrogen) atoms. The van der Waals surface area contributed by atoms with Crippen molar-refractivity contribution in [2.45, 2.75) is 32.0 Å². The number of aliphatic imine (C=N–C) groups is 1. The van der Waals surface area contributed by atoms with Crippen LogP contribution in [0.4, 0.5) is 0 Å². The first-order valence-corrected chi connectivity index (χ1v) is 11.2. The Kier molecular flexibility index (Phi) is 7.65. The number of hydrogen-bond acceptors (Lipinski definition) is 3. The number of hydrogen-bond donors (Lipinski definition) is 0. The minimum absolute atomic E-state index is 0.0851. The lowest BCUT2D eigenvalue weighted by Crippen LogP contribution is -2.21. The van der Waals surface area contributed by atoms with E-state index in [1.165, 1.54) is 16.4 Å². The number of benzene rings is 3. The monoisotopic (exact) mass is 419 g/mol. The average molecular weight is 420 g/mol. The summed E-state index contributed by atoms with van der Waals surface area (Å²) in [6.45, 7) is 5.07. The maximum absolute atomic E-state index is 6.36. The van der Waals surface area contributed by atoms with E-state index in [0.29, 0.717) is 15.2 Å². The lowest BCUT2D eigenvalue weighted by Gasteiger charge is -2.32. The van der Waals surface area contributed by atoms with Gasteiger partial charge in [-0.05, 0) is 28.9 Å². The molecule has 3 aromatic rings. The highest BCUT2D eigenvalue weighted by molar-refractivity contribution is 7.48. The lowest BCUT2D eigenvalue weighted by atomic mass is 9.96. The van der Waals surface area contributed by atoms with Crippen LogP contribution in [0.25, 0.3) is 0 Å². The summed E-state index contributed by atoms with van der Waals surface area (Å²) in [5.74, 6) is 1.61. The summed E-state index contributed by atoms with van der Waals surface area (Å²) in [5.41, 5.74) is 3.49. The second kappa shape index (κ2) is 10.4. The molecule has 0 fully saturated rings. The molecule has 0 radical (unpaired) electrons. The van der Waals surface area contributed by atoms with Gasteiger partial charge in [0.05, 0.1) is 7.11 Å². The predicted octanol–water partition coefficient (Wildman–Crippen LogP) is 5.95. The van der Waals surface area contributed by atoms with Crippen LogP contribution in [0, 0.1) is 0 Å². The van der Waals surface area contributed by atoms with E-state index in [1.807, 2.05) is 37.5 Å². The molecular weight excluding hydrogens is 389 g/mol. The van der Waals surface area contributed by atoms with E-state index in [0.717, 1.165) is 23.5 Å². The molecule has 0 aliphatic rings. The summed E-state index contributed by atoms with van der Waals surface area (Å²) >= 11 is 0. The van der Waals surface area contributed by atoms with Gasteiger partial charge in [-0.2, -0.15) is 0 Å². The Hall–Kier alpha value is -2.64. The Labute approximate surface area is 182 Å². The van der Waals surface area contributed by atoms with Crippen LogP contribution in [0.3, 0.4) is 0 Å². The molecule has 0 N–H and O–H groups in total. The van der Waals surface area contributed by atoms with Crippen LogP contribution in [-0.4, -0.2) is 20.4 Å².